The van der Waals surface area contributed by atoms with E-state index >= 15 is 0 Å². The number of carbonyl (C=O) groups is 1. The molecule has 0 aliphatic heterocycles. The third-order valence-corrected chi connectivity index (χ3v) is 2.29. The molecule has 1 aromatic carbocycles. The summed E-state index contributed by atoms with van der Waals surface area (Å²) in [5.41, 5.74) is -0.846. The summed E-state index contributed by atoms with van der Waals surface area (Å²) in [4.78, 5) is 20.4. The zero-order chi connectivity index (χ0) is 12.3. The number of carboxylic acids is 1. The number of benzene rings is 1. The highest BCUT2D eigenvalue weighted by Crippen LogP contribution is 2.28. The fourth-order valence-corrected chi connectivity index (χ4v) is 1.47. The summed E-state index contributed by atoms with van der Waals surface area (Å²) < 4.78 is 13.6. The van der Waals surface area contributed by atoms with Gasteiger partial charge in [-0.1, -0.05) is 19.1 Å². The van der Waals surface area contributed by atoms with Crippen LogP contribution in [0.4, 0.5) is 10.1 Å². The second kappa shape index (κ2) is 4.69. The zero-order valence-corrected chi connectivity index (χ0v) is 8.51. The molecule has 0 aliphatic carbocycles. The quantitative estimate of drug-likeness (QED) is 0.632. The van der Waals surface area contributed by atoms with Crippen LogP contribution in [0.5, 0.6) is 0 Å². The Morgan fingerprint density at radius 2 is 2.25 bits per heavy atom. The van der Waals surface area contributed by atoms with Crippen molar-refractivity contribution in [2.75, 3.05) is 0 Å². The SMILES string of the molecule is CCC(C(=O)O)c1cccc([N+](=O)[O-])c1F. The third-order valence-electron chi connectivity index (χ3n) is 2.29. The molecule has 1 rings (SSSR count). The van der Waals surface area contributed by atoms with Crippen LogP contribution in [0.3, 0.4) is 0 Å². The molecule has 86 valence electrons. The van der Waals surface area contributed by atoms with Gasteiger partial charge in [-0.2, -0.15) is 4.39 Å². The van der Waals surface area contributed by atoms with E-state index in [0.29, 0.717) is 0 Å². The molecule has 0 radical (unpaired) electrons. The van der Waals surface area contributed by atoms with Gasteiger partial charge in [0, 0.05) is 11.6 Å². The number of nitro groups is 1. The molecule has 0 bridgehead atoms. The Bertz CT molecular complexity index is 433. The molecular formula is C10H10FNO4. The van der Waals surface area contributed by atoms with E-state index in [2.05, 4.69) is 0 Å². The van der Waals surface area contributed by atoms with E-state index in [1.165, 1.54) is 12.1 Å². The molecule has 1 N–H and O–H groups in total. The highest BCUT2D eigenvalue weighted by atomic mass is 19.1. The summed E-state index contributed by atoms with van der Waals surface area (Å²) in [6.07, 6.45) is 0.174. The van der Waals surface area contributed by atoms with E-state index in [1.807, 2.05) is 0 Å². The van der Waals surface area contributed by atoms with Gasteiger partial charge in [-0.15, -0.1) is 0 Å². The molecule has 1 atom stereocenters. The van der Waals surface area contributed by atoms with Gasteiger partial charge < -0.3 is 5.11 Å². The lowest BCUT2D eigenvalue weighted by Crippen LogP contribution is -2.13. The molecule has 0 saturated heterocycles. The summed E-state index contributed by atoms with van der Waals surface area (Å²) in [5, 5.41) is 19.3. The van der Waals surface area contributed by atoms with Crippen molar-refractivity contribution in [1.29, 1.82) is 0 Å². The molecule has 0 spiro atoms. The van der Waals surface area contributed by atoms with E-state index in [-0.39, 0.29) is 12.0 Å². The van der Waals surface area contributed by atoms with Gasteiger partial charge in [0.05, 0.1) is 10.8 Å². The van der Waals surface area contributed by atoms with Gasteiger partial charge in [-0.3, -0.25) is 14.9 Å². The Labute approximate surface area is 90.7 Å². The van der Waals surface area contributed by atoms with Crippen molar-refractivity contribution in [3.8, 4) is 0 Å². The van der Waals surface area contributed by atoms with Gasteiger partial charge in [-0.25, -0.2) is 0 Å². The van der Waals surface area contributed by atoms with Crippen molar-refractivity contribution in [2.24, 2.45) is 0 Å². The average Bonchev–Trinajstić information content (AvgIpc) is 2.20. The van der Waals surface area contributed by atoms with Gasteiger partial charge >= 0.3 is 11.7 Å². The number of carboxylic acid groups (broad SMARTS) is 1. The lowest BCUT2D eigenvalue weighted by atomic mass is 9.95. The van der Waals surface area contributed by atoms with Crippen LogP contribution in [0.1, 0.15) is 24.8 Å². The monoisotopic (exact) mass is 227 g/mol. The van der Waals surface area contributed by atoms with E-state index in [9.17, 15) is 19.3 Å². The first-order valence-electron chi connectivity index (χ1n) is 4.64. The molecular weight excluding hydrogens is 217 g/mol. The van der Waals surface area contributed by atoms with Gasteiger partial charge in [0.15, 0.2) is 0 Å². The van der Waals surface area contributed by atoms with Crippen LogP contribution in [0.15, 0.2) is 18.2 Å². The Morgan fingerprint density at radius 1 is 1.62 bits per heavy atom. The first kappa shape index (κ1) is 12.1. The first-order chi connectivity index (χ1) is 7.49. The van der Waals surface area contributed by atoms with Crippen LogP contribution >= 0.6 is 0 Å². The second-order valence-corrected chi connectivity index (χ2v) is 3.24. The van der Waals surface area contributed by atoms with Crippen LogP contribution in [0.25, 0.3) is 0 Å². The first-order valence-corrected chi connectivity index (χ1v) is 4.64. The number of halogens is 1. The molecule has 1 aromatic rings. The van der Waals surface area contributed by atoms with Crippen molar-refractivity contribution in [2.45, 2.75) is 19.3 Å². The Morgan fingerprint density at radius 3 is 2.69 bits per heavy atom. The fraction of sp³-hybridized carbons (Fsp3) is 0.300. The molecule has 0 saturated carbocycles. The summed E-state index contributed by atoms with van der Waals surface area (Å²) in [7, 11) is 0. The summed E-state index contributed by atoms with van der Waals surface area (Å²) in [5.74, 6) is -3.32. The lowest BCUT2D eigenvalue weighted by molar-refractivity contribution is -0.387. The van der Waals surface area contributed by atoms with E-state index < -0.39 is 28.3 Å². The minimum Gasteiger partial charge on any atom is -0.481 e. The Hall–Kier alpha value is -1.98. The van der Waals surface area contributed by atoms with E-state index in [1.54, 1.807) is 6.92 Å². The Kier molecular flexibility index (Phi) is 3.55. The van der Waals surface area contributed by atoms with Crippen LogP contribution in [-0.2, 0) is 4.79 Å². The summed E-state index contributed by atoms with van der Waals surface area (Å²) in [6, 6.07) is 3.54. The van der Waals surface area contributed by atoms with Crippen LogP contribution in [-0.4, -0.2) is 16.0 Å². The number of rotatable bonds is 4. The van der Waals surface area contributed by atoms with Crippen molar-refractivity contribution < 1.29 is 19.2 Å². The predicted octanol–water partition coefficient (Wildman–Crippen LogP) is 2.31. The number of hydrogen-bond acceptors (Lipinski definition) is 3. The predicted molar refractivity (Wildman–Crippen MR) is 53.7 cm³/mol. The van der Waals surface area contributed by atoms with E-state index in [0.717, 1.165) is 6.07 Å². The second-order valence-electron chi connectivity index (χ2n) is 3.24. The smallest absolute Gasteiger partial charge is 0.311 e. The minimum absolute atomic E-state index is 0.149. The lowest BCUT2D eigenvalue weighted by Gasteiger charge is -2.10. The largest absolute Gasteiger partial charge is 0.481 e. The van der Waals surface area contributed by atoms with Crippen LogP contribution in [0.2, 0.25) is 0 Å². The van der Waals surface area contributed by atoms with Crippen molar-refractivity contribution in [3.63, 3.8) is 0 Å². The van der Waals surface area contributed by atoms with Gasteiger partial charge in [-0.05, 0) is 6.42 Å². The van der Waals surface area contributed by atoms with Crippen LogP contribution < -0.4 is 0 Å². The maximum Gasteiger partial charge on any atom is 0.311 e. The molecule has 6 heteroatoms. The fourth-order valence-electron chi connectivity index (χ4n) is 1.47. The van der Waals surface area contributed by atoms with Gasteiger partial charge in [0.2, 0.25) is 5.82 Å². The highest BCUT2D eigenvalue weighted by Gasteiger charge is 2.26. The molecule has 0 heterocycles. The van der Waals surface area contributed by atoms with Crippen LogP contribution in [0, 0.1) is 15.9 Å². The van der Waals surface area contributed by atoms with Gasteiger partial charge in [0.25, 0.3) is 0 Å². The average molecular weight is 227 g/mol. The molecule has 5 nitrogen and oxygen atoms in total. The van der Waals surface area contributed by atoms with Crippen molar-refractivity contribution in [1.82, 2.24) is 0 Å². The number of hydrogen-bond donors (Lipinski definition) is 1. The van der Waals surface area contributed by atoms with Crippen molar-refractivity contribution >= 4 is 11.7 Å². The molecule has 0 aliphatic rings. The third kappa shape index (κ3) is 2.16. The molecule has 0 amide bonds. The molecule has 0 fully saturated rings. The van der Waals surface area contributed by atoms with Crippen molar-refractivity contribution in [3.05, 3.63) is 39.7 Å². The van der Waals surface area contributed by atoms with Gasteiger partial charge in [0.1, 0.15) is 0 Å². The standard InChI is InChI=1S/C10H10FNO4/c1-2-6(10(13)14)7-4-3-5-8(9(7)11)12(15)16/h3-6H,2H2,1H3,(H,13,14). The normalized spacial score (nSPS) is 12.1. The number of aliphatic carboxylic acids is 1. The Balaban J connectivity index is 3.29. The number of nitrogens with zero attached hydrogens (tertiary/aromatic N) is 1. The topological polar surface area (TPSA) is 80.4 Å². The molecule has 16 heavy (non-hydrogen) atoms. The van der Waals surface area contributed by atoms with E-state index in [4.69, 9.17) is 5.11 Å². The summed E-state index contributed by atoms with van der Waals surface area (Å²) in [6.45, 7) is 1.58. The summed E-state index contributed by atoms with van der Waals surface area (Å²) >= 11 is 0. The number of nitro benzene ring substituents is 1. The minimum atomic E-state index is -1.19. The maximum absolute atomic E-state index is 13.6. The highest BCUT2D eigenvalue weighted by molar-refractivity contribution is 5.76. The zero-order valence-electron chi connectivity index (χ0n) is 8.51. The maximum atomic E-state index is 13.6. The molecule has 0 aromatic heterocycles. The molecule has 1 unspecified atom stereocenters.